The highest BCUT2D eigenvalue weighted by molar-refractivity contribution is 7.63. The minimum atomic E-state index is -3.84. The molecule has 6 aromatic rings. The van der Waals surface area contributed by atoms with Crippen LogP contribution in [-0.2, 0) is 38.7 Å². The number of rotatable bonds is 23. The van der Waals surface area contributed by atoms with E-state index in [2.05, 4.69) is 16.4 Å². The number of ether oxygens (including phenoxy) is 6. The van der Waals surface area contributed by atoms with Gasteiger partial charge in [-0.25, -0.2) is 19.6 Å². The van der Waals surface area contributed by atoms with Gasteiger partial charge in [-0.3, -0.25) is 19.9 Å². The molecule has 19 nitrogen and oxygen atoms in total. The van der Waals surface area contributed by atoms with Gasteiger partial charge >= 0.3 is 19.9 Å². The lowest BCUT2D eigenvalue weighted by Crippen LogP contribution is -2.58. The number of methoxy groups -OCH3 is 2. The van der Waals surface area contributed by atoms with Crippen molar-refractivity contribution >= 4 is 48.8 Å². The van der Waals surface area contributed by atoms with Crippen LogP contribution in [0.4, 0.5) is 22.0 Å². The Hall–Kier alpha value is -7.53. The van der Waals surface area contributed by atoms with Gasteiger partial charge < -0.3 is 33.7 Å². The predicted octanol–water partition coefficient (Wildman–Crippen LogP) is 10.7. The summed E-state index contributed by atoms with van der Waals surface area (Å²) in [7, 11) is -0.658. The molecule has 0 saturated carbocycles. The fourth-order valence-corrected chi connectivity index (χ4v) is 13.4. The van der Waals surface area contributed by atoms with Crippen LogP contribution >= 0.6 is 7.87 Å². The molecule has 81 heavy (non-hydrogen) atoms. The summed E-state index contributed by atoms with van der Waals surface area (Å²) in [5.74, 6) is -3.23. The average molecular weight is 1120 g/mol. The molecule has 426 valence electrons. The van der Waals surface area contributed by atoms with E-state index in [9.17, 15) is 24.5 Å². The summed E-state index contributed by atoms with van der Waals surface area (Å²) in [6.45, 7) is 12.6. The lowest BCUT2D eigenvalue weighted by atomic mass is 9.80. The number of hydrogen-bond acceptors (Lipinski definition) is 17. The Morgan fingerprint density at radius 3 is 1.84 bits per heavy atom. The quantitative estimate of drug-likeness (QED) is 0.0307. The van der Waals surface area contributed by atoms with E-state index < -0.39 is 67.6 Å². The van der Waals surface area contributed by atoms with Crippen molar-refractivity contribution in [3.63, 3.8) is 0 Å². The second-order valence-corrected chi connectivity index (χ2v) is 23.0. The van der Waals surface area contributed by atoms with E-state index in [0.717, 1.165) is 5.56 Å². The van der Waals surface area contributed by atoms with Gasteiger partial charge in [0.25, 0.3) is 5.90 Å². The van der Waals surface area contributed by atoms with Crippen LogP contribution < -0.4 is 25.4 Å². The number of imidazole rings is 1. The Bertz CT molecular complexity index is 3070. The lowest BCUT2D eigenvalue weighted by molar-refractivity contribution is -0.158. The first-order chi connectivity index (χ1) is 38.9. The number of anilines is 3. The van der Waals surface area contributed by atoms with E-state index >= 15 is 0 Å². The van der Waals surface area contributed by atoms with Crippen LogP contribution in [-0.4, -0.2) is 106 Å². The third kappa shape index (κ3) is 12.7. The van der Waals surface area contributed by atoms with Gasteiger partial charge in [0.15, 0.2) is 29.9 Å². The summed E-state index contributed by atoms with van der Waals surface area (Å²) < 4.78 is 49.2. The van der Waals surface area contributed by atoms with Crippen LogP contribution in [0.2, 0.25) is 0 Å². The second-order valence-electron chi connectivity index (χ2n) is 20.6. The molecule has 8 rings (SSSR count). The van der Waals surface area contributed by atoms with E-state index in [0.29, 0.717) is 40.4 Å². The van der Waals surface area contributed by atoms with Gasteiger partial charge in [-0.2, -0.15) is 14.8 Å². The zero-order valence-electron chi connectivity index (χ0n) is 47.2. The number of aromatic nitrogens is 2. The first-order valence-electron chi connectivity index (χ1n) is 27.1. The normalized spacial score (nSPS) is 19.5. The number of carbonyl (C=O) groups excluding carboxylic acids is 3. The van der Waals surface area contributed by atoms with Crippen LogP contribution in [0.25, 0.3) is 0 Å². The molecule has 0 radical (unpaired) electrons. The molecule has 2 unspecified atom stereocenters. The number of benzene rings is 5. The molecule has 2 aliphatic rings. The fraction of sp³-hybridized carbons (Fsp3) is 0.377. The van der Waals surface area contributed by atoms with Crippen LogP contribution in [0.15, 0.2) is 151 Å². The molecular formula is C61H72N8O11P+. The molecule has 0 spiro atoms. The van der Waals surface area contributed by atoms with Gasteiger partial charge in [-0.05, 0) is 99.3 Å². The Balaban J connectivity index is 1.31. The van der Waals surface area contributed by atoms with Crippen molar-refractivity contribution in [2.75, 3.05) is 37.2 Å². The minimum Gasteiger partial charge on any atom is -0.497 e. The Morgan fingerprint density at radius 1 is 0.815 bits per heavy atom. The number of amides is 1. The Morgan fingerprint density at radius 2 is 1.35 bits per heavy atom. The molecule has 5 aromatic carbocycles. The van der Waals surface area contributed by atoms with E-state index in [1.54, 1.807) is 76.6 Å². The van der Waals surface area contributed by atoms with E-state index in [4.69, 9.17) is 43.7 Å². The van der Waals surface area contributed by atoms with Gasteiger partial charge in [-0.15, -0.1) is 4.67 Å². The van der Waals surface area contributed by atoms with Gasteiger partial charge in [0, 0.05) is 24.4 Å². The van der Waals surface area contributed by atoms with Crippen molar-refractivity contribution in [2.45, 2.75) is 116 Å². The van der Waals surface area contributed by atoms with E-state index in [-0.39, 0.29) is 55.1 Å². The van der Waals surface area contributed by atoms with Crippen molar-refractivity contribution in [1.29, 1.82) is 5.26 Å². The number of ketones is 1. The molecule has 0 aliphatic carbocycles. The molecule has 1 fully saturated rings. The number of carbonyl (C=O) groups is 3. The zero-order valence-corrected chi connectivity index (χ0v) is 48.1. The second kappa shape index (κ2) is 25.9. The standard InChI is InChI=1S/C61H72N8O11P/c1-10-21-51(70)78-54-53(80-81(73,37-20-36-62)69(41(4)5)42(6)7)50(38-76-60(43-22-14-11-15-23-43,44-28-32-48(74-8)33-29-44)45-30-34-49(75-9)35-31-45)77-58(54)67-39-64-52-56(67)65-61(63,55(71)40(2)3)66-57(52)79-59(72)68(46-24-16-12-17-25-46)47-26-18-13-19-27-47/h11-19,22-35,39-42,50,53-54,58,65,73H,10,20-21,37-38,63H2,1-9H3/q+1/t50-,53-,54-,58-,61?,81?/m1/s1. The molecule has 0 bridgehead atoms. The van der Waals surface area contributed by atoms with Gasteiger partial charge in [-0.1, -0.05) is 112 Å². The van der Waals surface area contributed by atoms with Gasteiger partial charge in [0.05, 0.1) is 51.0 Å². The number of nitriles is 1. The number of nitrogens with zero attached hydrogens (tertiary/aromatic N) is 6. The third-order valence-corrected chi connectivity index (χ3v) is 17.1. The number of Topliss-reactive ketones (excluding diaryl/α,β-unsaturated/α-hetero) is 1. The Kier molecular flexibility index (Phi) is 19.1. The molecule has 6 atom stereocenters. The molecule has 2 aliphatic heterocycles. The van der Waals surface area contributed by atoms with Crippen LogP contribution in [0.3, 0.4) is 0 Å². The van der Waals surface area contributed by atoms with Crippen molar-refractivity contribution in [1.82, 2.24) is 14.2 Å². The first-order valence-corrected chi connectivity index (χ1v) is 28.9. The van der Waals surface area contributed by atoms with Gasteiger partial charge in [0.1, 0.15) is 35.2 Å². The van der Waals surface area contributed by atoms with Crippen LogP contribution in [0.1, 0.15) is 96.3 Å². The number of nitrogens with one attached hydrogen (secondary N) is 1. The maximum atomic E-state index is 14.7. The topological polar surface area (TPSA) is 235 Å². The largest absolute Gasteiger partial charge is 0.497 e. The molecule has 1 saturated heterocycles. The summed E-state index contributed by atoms with van der Waals surface area (Å²) in [6, 6.07) is 44.0. The summed E-state index contributed by atoms with van der Waals surface area (Å²) in [4.78, 5) is 67.1. The minimum absolute atomic E-state index is 0.00228. The highest BCUT2D eigenvalue weighted by Crippen LogP contribution is 2.64. The molecule has 1 amide bonds. The third-order valence-electron chi connectivity index (χ3n) is 14.0. The van der Waals surface area contributed by atoms with E-state index in [1.165, 1.54) is 15.8 Å². The number of hydrogen-bond donors (Lipinski definition) is 3. The summed E-state index contributed by atoms with van der Waals surface area (Å²) in [5.41, 5.74) is 8.69. The maximum Gasteiger partial charge on any atom is 0.425 e. The zero-order chi connectivity index (χ0) is 58.1. The lowest BCUT2D eigenvalue weighted by Gasteiger charge is -2.39. The van der Waals surface area contributed by atoms with Crippen molar-refractivity contribution in [3.8, 4) is 17.6 Å². The van der Waals surface area contributed by atoms with E-state index in [1.807, 2.05) is 130 Å². The van der Waals surface area contributed by atoms with Crippen molar-refractivity contribution < 1.29 is 52.2 Å². The Labute approximate surface area is 474 Å². The number of esters is 1. The number of fused-ring (bicyclic) bond motifs is 1. The van der Waals surface area contributed by atoms with Crippen LogP contribution in [0, 0.1) is 17.2 Å². The average Bonchev–Trinajstić information content (AvgIpc) is 3.75. The number of para-hydroxylation sites is 2. The molecule has 20 heteroatoms. The maximum absolute atomic E-state index is 14.7. The summed E-state index contributed by atoms with van der Waals surface area (Å²) >= 11 is 0. The molecule has 3 heterocycles. The van der Waals surface area contributed by atoms with Crippen LogP contribution in [0.5, 0.6) is 11.5 Å². The number of aliphatic imine (C=N–C) groups is 1. The monoisotopic (exact) mass is 1120 g/mol. The molecular weight excluding hydrogens is 1050 g/mol. The first kappa shape index (κ1) is 59.6. The molecule has 1 aromatic heterocycles. The summed E-state index contributed by atoms with van der Waals surface area (Å²) in [5, 5.41) is 13.2. The number of nitrogens with two attached hydrogens (primary N) is 1. The fourth-order valence-electron chi connectivity index (χ4n) is 10.5. The van der Waals surface area contributed by atoms with Crippen molar-refractivity contribution in [2.24, 2.45) is 16.6 Å². The van der Waals surface area contributed by atoms with Crippen molar-refractivity contribution in [3.05, 3.63) is 168 Å². The molecule has 4 N–H and O–H groups in total. The highest BCUT2D eigenvalue weighted by atomic mass is 31.2. The predicted molar refractivity (Wildman–Crippen MR) is 309 cm³/mol. The smallest absolute Gasteiger partial charge is 0.425 e. The highest BCUT2D eigenvalue weighted by Gasteiger charge is 2.60. The SMILES string of the molecule is CCCC(=O)O[C@@H]1[C@H](O[P+](O)(CCC#N)N(C(C)C)C(C)C)[C@@H](COC(c2ccccc2)(c2ccc(OC)cc2)c2ccc(OC)cc2)O[C@H]1n1cnc2c1NC(N)(C(=O)C(C)C)N=C2OC(=O)N(c1ccccc1)c1ccccc1. The van der Waals surface area contributed by atoms with Gasteiger partial charge in [0.2, 0.25) is 5.79 Å². The summed E-state index contributed by atoms with van der Waals surface area (Å²) in [6.07, 6.45) is -4.53.